The van der Waals surface area contributed by atoms with Gasteiger partial charge >= 0.3 is 0 Å². The molecule has 1 aliphatic carbocycles. The first-order chi connectivity index (χ1) is 7.81. The molecule has 0 amide bonds. The standard InChI is InChI=1S/C12H25N3O/c1-4-13-12(14-5-2)15-9-10-7-6-8-11(10)16-3/h10-11H,4-9H2,1-3H3,(H2,13,14,15)/t10-,11-/m0/s1. The fourth-order valence-electron chi connectivity index (χ4n) is 2.24. The second kappa shape index (κ2) is 7.49. The number of methoxy groups -OCH3 is 1. The molecule has 2 atom stereocenters. The molecule has 0 spiro atoms. The van der Waals surface area contributed by atoms with Crippen LogP contribution in [0.4, 0.5) is 0 Å². The lowest BCUT2D eigenvalue weighted by molar-refractivity contribution is 0.0742. The minimum atomic E-state index is 0.410. The minimum Gasteiger partial charge on any atom is -0.381 e. The first-order valence-corrected chi connectivity index (χ1v) is 6.36. The predicted molar refractivity (Wildman–Crippen MR) is 67.8 cm³/mol. The SMILES string of the molecule is CCNC(=NC[C@@H]1CCC[C@@H]1OC)NCC. The van der Waals surface area contributed by atoms with E-state index in [1.165, 1.54) is 19.3 Å². The molecular formula is C12H25N3O. The van der Waals surface area contributed by atoms with E-state index in [1.54, 1.807) is 0 Å². The third-order valence-corrected chi connectivity index (χ3v) is 3.06. The van der Waals surface area contributed by atoms with E-state index in [9.17, 15) is 0 Å². The van der Waals surface area contributed by atoms with Crippen LogP contribution in [0.5, 0.6) is 0 Å². The van der Waals surface area contributed by atoms with Crippen LogP contribution in [-0.4, -0.2) is 38.8 Å². The van der Waals surface area contributed by atoms with Crippen molar-refractivity contribution in [2.24, 2.45) is 10.9 Å². The number of hydrogen-bond donors (Lipinski definition) is 2. The van der Waals surface area contributed by atoms with Crippen molar-refractivity contribution in [2.45, 2.75) is 39.2 Å². The molecule has 0 bridgehead atoms. The lowest BCUT2D eigenvalue weighted by Crippen LogP contribution is -2.37. The number of hydrogen-bond acceptors (Lipinski definition) is 2. The Bertz CT molecular complexity index is 210. The van der Waals surface area contributed by atoms with Crippen molar-refractivity contribution in [3.63, 3.8) is 0 Å². The summed E-state index contributed by atoms with van der Waals surface area (Å²) in [6, 6.07) is 0. The fourth-order valence-corrected chi connectivity index (χ4v) is 2.24. The van der Waals surface area contributed by atoms with E-state index in [-0.39, 0.29) is 0 Å². The number of aliphatic imine (C=N–C) groups is 1. The summed E-state index contributed by atoms with van der Waals surface area (Å²) in [5.41, 5.74) is 0. The number of nitrogens with one attached hydrogen (secondary N) is 2. The smallest absolute Gasteiger partial charge is 0.191 e. The van der Waals surface area contributed by atoms with Gasteiger partial charge in [0.15, 0.2) is 5.96 Å². The average molecular weight is 227 g/mol. The van der Waals surface area contributed by atoms with E-state index < -0.39 is 0 Å². The van der Waals surface area contributed by atoms with Gasteiger partial charge in [-0.2, -0.15) is 0 Å². The van der Waals surface area contributed by atoms with Crippen molar-refractivity contribution >= 4 is 5.96 Å². The Hall–Kier alpha value is -0.770. The Kier molecular flexibility index (Phi) is 6.23. The summed E-state index contributed by atoms with van der Waals surface area (Å²) in [5, 5.41) is 6.48. The molecule has 0 radical (unpaired) electrons. The fraction of sp³-hybridized carbons (Fsp3) is 0.917. The maximum absolute atomic E-state index is 5.47. The van der Waals surface area contributed by atoms with Crippen LogP contribution in [0.3, 0.4) is 0 Å². The van der Waals surface area contributed by atoms with Gasteiger partial charge in [0.1, 0.15) is 0 Å². The van der Waals surface area contributed by atoms with E-state index in [0.29, 0.717) is 12.0 Å². The Balaban J connectivity index is 2.41. The zero-order chi connectivity index (χ0) is 11.8. The van der Waals surface area contributed by atoms with Crippen LogP contribution in [0.25, 0.3) is 0 Å². The second-order valence-electron chi connectivity index (χ2n) is 4.22. The highest BCUT2D eigenvalue weighted by Crippen LogP contribution is 2.27. The molecule has 0 heterocycles. The van der Waals surface area contributed by atoms with Gasteiger partial charge in [-0.3, -0.25) is 4.99 Å². The van der Waals surface area contributed by atoms with Crippen LogP contribution >= 0.6 is 0 Å². The Morgan fingerprint density at radius 2 is 1.94 bits per heavy atom. The quantitative estimate of drug-likeness (QED) is 0.551. The van der Waals surface area contributed by atoms with E-state index >= 15 is 0 Å². The third kappa shape index (κ3) is 4.00. The van der Waals surface area contributed by atoms with Crippen LogP contribution in [0.15, 0.2) is 4.99 Å². The summed E-state index contributed by atoms with van der Waals surface area (Å²) in [4.78, 5) is 4.60. The largest absolute Gasteiger partial charge is 0.381 e. The van der Waals surface area contributed by atoms with E-state index in [0.717, 1.165) is 25.6 Å². The molecule has 1 fully saturated rings. The van der Waals surface area contributed by atoms with Crippen molar-refractivity contribution in [3.8, 4) is 0 Å². The van der Waals surface area contributed by atoms with E-state index in [2.05, 4.69) is 29.5 Å². The van der Waals surface area contributed by atoms with Gasteiger partial charge < -0.3 is 15.4 Å². The third-order valence-electron chi connectivity index (χ3n) is 3.06. The van der Waals surface area contributed by atoms with Crippen LogP contribution in [0.1, 0.15) is 33.1 Å². The topological polar surface area (TPSA) is 45.7 Å². The van der Waals surface area contributed by atoms with Gasteiger partial charge in [0.2, 0.25) is 0 Å². The van der Waals surface area contributed by atoms with E-state index in [1.807, 2.05) is 7.11 Å². The second-order valence-corrected chi connectivity index (χ2v) is 4.22. The number of guanidine groups is 1. The van der Waals surface area contributed by atoms with Crippen LogP contribution < -0.4 is 10.6 Å². The summed E-state index contributed by atoms with van der Waals surface area (Å²) in [6.45, 7) is 6.85. The van der Waals surface area contributed by atoms with Gasteiger partial charge in [0.25, 0.3) is 0 Å². The van der Waals surface area contributed by atoms with Crippen molar-refractivity contribution in [2.75, 3.05) is 26.7 Å². The van der Waals surface area contributed by atoms with Gasteiger partial charge in [-0.15, -0.1) is 0 Å². The molecule has 0 aromatic heterocycles. The minimum absolute atomic E-state index is 0.410. The maximum Gasteiger partial charge on any atom is 0.191 e. The molecule has 1 saturated carbocycles. The highest BCUT2D eigenvalue weighted by molar-refractivity contribution is 5.79. The normalized spacial score (nSPS) is 24.2. The van der Waals surface area contributed by atoms with Crippen molar-refractivity contribution in [1.82, 2.24) is 10.6 Å². The summed E-state index contributed by atoms with van der Waals surface area (Å²) < 4.78 is 5.47. The molecule has 0 aromatic carbocycles. The molecule has 4 heteroatoms. The van der Waals surface area contributed by atoms with Crippen LogP contribution in [-0.2, 0) is 4.74 Å². The molecular weight excluding hydrogens is 202 g/mol. The first kappa shape index (κ1) is 13.3. The number of ether oxygens (including phenoxy) is 1. The summed E-state index contributed by atoms with van der Waals surface area (Å²) in [5.74, 6) is 1.52. The predicted octanol–water partition coefficient (Wildman–Crippen LogP) is 1.38. The van der Waals surface area contributed by atoms with Crippen molar-refractivity contribution in [1.29, 1.82) is 0 Å². The molecule has 0 aromatic rings. The molecule has 94 valence electrons. The molecule has 0 saturated heterocycles. The van der Waals surface area contributed by atoms with Crippen LogP contribution in [0, 0.1) is 5.92 Å². The molecule has 1 rings (SSSR count). The Morgan fingerprint density at radius 1 is 1.25 bits per heavy atom. The van der Waals surface area contributed by atoms with Gasteiger partial charge in [0.05, 0.1) is 6.10 Å². The maximum atomic E-state index is 5.47. The first-order valence-electron chi connectivity index (χ1n) is 6.36. The molecule has 1 aliphatic rings. The molecule has 0 aliphatic heterocycles. The number of nitrogens with zero attached hydrogens (tertiary/aromatic N) is 1. The van der Waals surface area contributed by atoms with Gasteiger partial charge in [0, 0.05) is 32.7 Å². The molecule has 0 unspecified atom stereocenters. The zero-order valence-corrected chi connectivity index (χ0v) is 10.8. The van der Waals surface area contributed by atoms with E-state index in [4.69, 9.17) is 4.74 Å². The monoisotopic (exact) mass is 227 g/mol. The Labute approximate surface area is 98.9 Å². The average Bonchev–Trinajstić information content (AvgIpc) is 2.74. The molecule has 16 heavy (non-hydrogen) atoms. The van der Waals surface area contributed by atoms with Crippen molar-refractivity contribution in [3.05, 3.63) is 0 Å². The highest BCUT2D eigenvalue weighted by atomic mass is 16.5. The van der Waals surface area contributed by atoms with Gasteiger partial charge in [-0.1, -0.05) is 6.42 Å². The lowest BCUT2D eigenvalue weighted by atomic mass is 10.1. The lowest BCUT2D eigenvalue weighted by Gasteiger charge is -2.17. The van der Waals surface area contributed by atoms with Gasteiger partial charge in [-0.25, -0.2) is 0 Å². The Morgan fingerprint density at radius 3 is 2.50 bits per heavy atom. The highest BCUT2D eigenvalue weighted by Gasteiger charge is 2.26. The molecule has 2 N–H and O–H groups in total. The van der Waals surface area contributed by atoms with Crippen molar-refractivity contribution < 1.29 is 4.74 Å². The molecule has 4 nitrogen and oxygen atoms in total. The summed E-state index contributed by atoms with van der Waals surface area (Å²) in [7, 11) is 1.81. The van der Waals surface area contributed by atoms with Gasteiger partial charge in [-0.05, 0) is 26.7 Å². The number of rotatable bonds is 5. The zero-order valence-electron chi connectivity index (χ0n) is 10.8. The summed E-state index contributed by atoms with van der Waals surface area (Å²) >= 11 is 0. The van der Waals surface area contributed by atoms with Crippen LogP contribution in [0.2, 0.25) is 0 Å². The summed E-state index contributed by atoms with van der Waals surface area (Å²) in [6.07, 6.45) is 4.12.